The lowest BCUT2D eigenvalue weighted by Gasteiger charge is -2.26. The predicted octanol–water partition coefficient (Wildman–Crippen LogP) is 2.11. The molecule has 3 heterocycles. The van der Waals surface area contributed by atoms with E-state index in [9.17, 15) is 14.4 Å². The first-order valence-corrected chi connectivity index (χ1v) is 9.76. The average Bonchev–Trinajstić information content (AvgIpc) is 3.27. The Kier molecular flexibility index (Phi) is 5.26. The zero-order valence-corrected chi connectivity index (χ0v) is 16.9. The number of likely N-dealkylation sites (N-methyl/N-ethyl adjacent to an activating group) is 1. The van der Waals surface area contributed by atoms with Crippen molar-refractivity contribution in [2.45, 2.75) is 12.8 Å². The number of ether oxygens (including phenoxy) is 1. The number of aromatic nitrogens is 1. The number of pyridine rings is 1. The lowest BCUT2D eigenvalue weighted by Crippen LogP contribution is -2.36. The fourth-order valence-electron chi connectivity index (χ4n) is 3.77. The third-order valence-electron chi connectivity index (χ3n) is 5.26. The Morgan fingerprint density at radius 3 is 2.67 bits per heavy atom. The summed E-state index contributed by atoms with van der Waals surface area (Å²) < 4.78 is 4.81. The number of fused-ring (bicyclic) bond motifs is 1. The Hall–Kier alpha value is -3.62. The largest absolute Gasteiger partial charge is 0.465 e. The molecule has 9 nitrogen and oxygen atoms in total. The van der Waals surface area contributed by atoms with Crippen molar-refractivity contribution in [3.8, 4) is 0 Å². The molecule has 2 amide bonds. The molecule has 1 saturated heterocycles. The van der Waals surface area contributed by atoms with Gasteiger partial charge in [0.05, 0.1) is 41.8 Å². The molecule has 9 heteroatoms. The van der Waals surface area contributed by atoms with Crippen LogP contribution in [0.4, 0.5) is 22.9 Å². The molecular formula is C21H23N5O4. The van der Waals surface area contributed by atoms with Crippen molar-refractivity contribution in [3.63, 3.8) is 0 Å². The fraction of sp³-hybridized carbons (Fsp3) is 0.333. The summed E-state index contributed by atoms with van der Waals surface area (Å²) in [7, 11) is 3.09. The van der Waals surface area contributed by atoms with Crippen molar-refractivity contribution in [2.75, 3.05) is 54.2 Å². The van der Waals surface area contributed by atoms with Crippen LogP contribution in [0.3, 0.4) is 0 Å². The highest BCUT2D eigenvalue weighted by atomic mass is 16.5. The highest BCUT2D eigenvalue weighted by molar-refractivity contribution is 6.09. The summed E-state index contributed by atoms with van der Waals surface area (Å²) in [4.78, 5) is 45.0. The van der Waals surface area contributed by atoms with Gasteiger partial charge in [-0.25, -0.2) is 9.78 Å². The second kappa shape index (κ2) is 8.02. The summed E-state index contributed by atoms with van der Waals surface area (Å²) >= 11 is 0. The predicted molar refractivity (Wildman–Crippen MR) is 113 cm³/mol. The van der Waals surface area contributed by atoms with Crippen LogP contribution in [0.15, 0.2) is 30.5 Å². The second-order valence-electron chi connectivity index (χ2n) is 7.37. The number of carbonyl (C=O) groups excluding carboxylic acids is 3. The minimum atomic E-state index is -0.473. The molecule has 2 N–H and O–H groups in total. The van der Waals surface area contributed by atoms with Crippen LogP contribution < -0.4 is 20.4 Å². The molecule has 2 aromatic rings. The van der Waals surface area contributed by atoms with Gasteiger partial charge in [0, 0.05) is 26.3 Å². The Bertz CT molecular complexity index is 1020. The highest BCUT2D eigenvalue weighted by Gasteiger charge is 2.23. The van der Waals surface area contributed by atoms with Gasteiger partial charge in [0.1, 0.15) is 0 Å². The molecule has 4 rings (SSSR count). The zero-order chi connectivity index (χ0) is 21.3. The van der Waals surface area contributed by atoms with E-state index in [-0.39, 0.29) is 18.4 Å². The summed E-state index contributed by atoms with van der Waals surface area (Å²) in [6.45, 7) is 1.99. The number of methoxy groups -OCH3 is 1. The van der Waals surface area contributed by atoms with Gasteiger partial charge >= 0.3 is 5.97 Å². The van der Waals surface area contributed by atoms with Gasteiger partial charge in [0.15, 0.2) is 5.82 Å². The third kappa shape index (κ3) is 3.78. The van der Waals surface area contributed by atoms with Crippen molar-refractivity contribution in [3.05, 3.63) is 41.6 Å². The first kappa shape index (κ1) is 19.7. The minimum Gasteiger partial charge on any atom is -0.465 e. The maximum atomic E-state index is 13.0. The van der Waals surface area contributed by atoms with Crippen LogP contribution in [0.25, 0.3) is 0 Å². The number of benzene rings is 1. The van der Waals surface area contributed by atoms with Gasteiger partial charge in [-0.3, -0.25) is 9.59 Å². The normalized spacial score (nSPS) is 15.5. The van der Waals surface area contributed by atoms with E-state index >= 15 is 0 Å². The molecule has 0 bridgehead atoms. The summed E-state index contributed by atoms with van der Waals surface area (Å²) in [6, 6.07) is 6.75. The summed E-state index contributed by atoms with van der Waals surface area (Å²) in [5.74, 6) is -0.405. The minimum absolute atomic E-state index is 0.161. The molecule has 1 aromatic carbocycles. The molecule has 2 aliphatic heterocycles. The Labute approximate surface area is 174 Å². The van der Waals surface area contributed by atoms with Gasteiger partial charge in [-0.05, 0) is 37.1 Å². The van der Waals surface area contributed by atoms with E-state index in [0.29, 0.717) is 28.3 Å². The van der Waals surface area contributed by atoms with E-state index in [1.165, 1.54) is 13.3 Å². The van der Waals surface area contributed by atoms with Crippen LogP contribution in [0.1, 0.15) is 33.6 Å². The number of carbonyl (C=O) groups is 3. The molecular weight excluding hydrogens is 386 g/mol. The van der Waals surface area contributed by atoms with Crippen LogP contribution in [-0.2, 0) is 9.53 Å². The molecule has 156 valence electrons. The monoisotopic (exact) mass is 409 g/mol. The molecule has 30 heavy (non-hydrogen) atoms. The standard InChI is InChI=1S/C21H23N5O4/c1-25-12-18(27)23-16-10-14(11-22-19(16)25)20(28)24-15-9-13(21(29)30-2)5-6-17(15)26-7-3-4-8-26/h5-6,9-11H,3-4,7-8,12H2,1-2H3,(H,23,27)(H,24,28). The van der Waals surface area contributed by atoms with Crippen LogP contribution >= 0.6 is 0 Å². The average molecular weight is 409 g/mol. The van der Waals surface area contributed by atoms with Gasteiger partial charge in [-0.2, -0.15) is 0 Å². The lowest BCUT2D eigenvalue weighted by atomic mass is 10.1. The molecule has 1 fully saturated rings. The third-order valence-corrected chi connectivity index (χ3v) is 5.26. The molecule has 2 aliphatic rings. The second-order valence-corrected chi connectivity index (χ2v) is 7.37. The number of amides is 2. The molecule has 0 saturated carbocycles. The maximum Gasteiger partial charge on any atom is 0.337 e. The molecule has 0 atom stereocenters. The zero-order valence-electron chi connectivity index (χ0n) is 16.9. The van der Waals surface area contributed by atoms with Crippen LogP contribution in [0, 0.1) is 0 Å². The number of nitrogens with one attached hydrogen (secondary N) is 2. The van der Waals surface area contributed by atoms with Crippen LogP contribution in [0.2, 0.25) is 0 Å². The van der Waals surface area contributed by atoms with E-state index < -0.39 is 5.97 Å². The summed E-state index contributed by atoms with van der Waals surface area (Å²) in [5, 5.41) is 5.64. The number of hydrogen-bond acceptors (Lipinski definition) is 7. The van der Waals surface area contributed by atoms with Crippen LogP contribution in [0.5, 0.6) is 0 Å². The number of anilines is 4. The van der Waals surface area contributed by atoms with E-state index in [1.54, 1.807) is 30.1 Å². The first-order chi connectivity index (χ1) is 14.5. The van der Waals surface area contributed by atoms with Gasteiger partial charge in [-0.15, -0.1) is 0 Å². The number of nitrogens with zero attached hydrogens (tertiary/aromatic N) is 3. The van der Waals surface area contributed by atoms with Crippen molar-refractivity contribution in [2.24, 2.45) is 0 Å². The molecule has 0 unspecified atom stereocenters. The Balaban J connectivity index is 1.64. The number of esters is 1. The number of hydrogen-bond donors (Lipinski definition) is 2. The molecule has 0 radical (unpaired) electrons. The van der Waals surface area contributed by atoms with E-state index in [2.05, 4.69) is 20.5 Å². The van der Waals surface area contributed by atoms with E-state index in [1.807, 2.05) is 6.07 Å². The van der Waals surface area contributed by atoms with Crippen molar-refractivity contribution >= 4 is 40.7 Å². The first-order valence-electron chi connectivity index (χ1n) is 9.76. The van der Waals surface area contributed by atoms with Crippen molar-refractivity contribution < 1.29 is 19.1 Å². The smallest absolute Gasteiger partial charge is 0.337 e. The SMILES string of the molecule is COC(=O)c1ccc(N2CCCC2)c(NC(=O)c2cnc3c(c2)NC(=O)CN3C)c1. The van der Waals surface area contributed by atoms with Gasteiger partial charge in [-0.1, -0.05) is 0 Å². The quantitative estimate of drug-likeness (QED) is 0.746. The van der Waals surface area contributed by atoms with Crippen LogP contribution in [-0.4, -0.2) is 56.6 Å². The lowest BCUT2D eigenvalue weighted by molar-refractivity contribution is -0.115. The Morgan fingerprint density at radius 2 is 1.93 bits per heavy atom. The number of rotatable bonds is 4. The maximum absolute atomic E-state index is 13.0. The van der Waals surface area contributed by atoms with Gasteiger partial charge in [0.2, 0.25) is 5.91 Å². The van der Waals surface area contributed by atoms with Crippen molar-refractivity contribution in [1.82, 2.24) is 4.98 Å². The summed E-state index contributed by atoms with van der Waals surface area (Å²) in [6.07, 6.45) is 3.63. The molecule has 0 spiro atoms. The Morgan fingerprint density at radius 1 is 1.17 bits per heavy atom. The highest BCUT2D eigenvalue weighted by Crippen LogP contribution is 2.32. The molecule has 1 aromatic heterocycles. The fourth-order valence-corrected chi connectivity index (χ4v) is 3.77. The molecule has 0 aliphatic carbocycles. The van der Waals surface area contributed by atoms with Gasteiger partial charge in [0.25, 0.3) is 5.91 Å². The van der Waals surface area contributed by atoms with Crippen molar-refractivity contribution in [1.29, 1.82) is 0 Å². The summed E-state index contributed by atoms with van der Waals surface area (Å²) in [5.41, 5.74) is 2.54. The van der Waals surface area contributed by atoms with E-state index in [4.69, 9.17) is 4.74 Å². The topological polar surface area (TPSA) is 104 Å². The van der Waals surface area contributed by atoms with E-state index in [0.717, 1.165) is 31.6 Å². The van der Waals surface area contributed by atoms with Gasteiger partial charge < -0.3 is 25.2 Å².